The molecule has 0 saturated heterocycles. The molecule has 1 atom stereocenters. The van der Waals surface area contributed by atoms with E-state index in [9.17, 15) is 14.7 Å². The summed E-state index contributed by atoms with van der Waals surface area (Å²) in [5.74, 6) is -0.0824. The standard InChI is InChI=1S/C19H29N3O3/c1-13(24)22-9-8-14-10-15(6-7-16(14)22)20-18(25)11-21(5)17(12-23)19(2,3)4/h6-7,10,17,23H,8-9,11-12H2,1-5H3,(H,20,25)/t17-/m0/s1. The number of rotatable bonds is 5. The second-order valence-electron chi connectivity index (χ2n) is 7.79. The minimum atomic E-state index is -0.119. The lowest BCUT2D eigenvalue weighted by Crippen LogP contribution is -2.47. The van der Waals surface area contributed by atoms with Gasteiger partial charge in [0.05, 0.1) is 13.2 Å². The summed E-state index contributed by atoms with van der Waals surface area (Å²) in [6.45, 7) is 8.60. The second kappa shape index (κ2) is 7.54. The van der Waals surface area contributed by atoms with Crippen LogP contribution in [0.3, 0.4) is 0 Å². The number of nitrogens with zero attached hydrogens (tertiary/aromatic N) is 2. The average molecular weight is 347 g/mol. The number of nitrogens with one attached hydrogen (secondary N) is 1. The summed E-state index contributed by atoms with van der Waals surface area (Å²) in [6.07, 6.45) is 0.801. The summed E-state index contributed by atoms with van der Waals surface area (Å²) in [6, 6.07) is 5.55. The normalized spacial score (nSPS) is 15.2. The van der Waals surface area contributed by atoms with E-state index in [1.54, 1.807) is 11.8 Å². The molecule has 0 aromatic heterocycles. The molecule has 0 bridgehead atoms. The molecule has 1 aliphatic rings. The topological polar surface area (TPSA) is 72.9 Å². The van der Waals surface area contributed by atoms with Crippen molar-refractivity contribution in [3.63, 3.8) is 0 Å². The lowest BCUT2D eigenvalue weighted by molar-refractivity contribution is -0.118. The maximum atomic E-state index is 12.3. The van der Waals surface area contributed by atoms with Crippen molar-refractivity contribution >= 4 is 23.2 Å². The van der Waals surface area contributed by atoms with Crippen molar-refractivity contribution in [3.8, 4) is 0 Å². The highest BCUT2D eigenvalue weighted by Crippen LogP contribution is 2.30. The lowest BCUT2D eigenvalue weighted by Gasteiger charge is -2.36. The molecule has 0 saturated carbocycles. The number of aliphatic hydroxyl groups excluding tert-OH is 1. The lowest BCUT2D eigenvalue weighted by atomic mass is 9.86. The van der Waals surface area contributed by atoms with Gasteiger partial charge in [0.15, 0.2) is 0 Å². The number of likely N-dealkylation sites (N-methyl/N-ethyl adjacent to an activating group) is 1. The summed E-state index contributed by atoms with van der Waals surface area (Å²) in [4.78, 5) is 27.6. The molecule has 0 unspecified atom stereocenters. The van der Waals surface area contributed by atoms with Crippen LogP contribution in [0.5, 0.6) is 0 Å². The molecule has 25 heavy (non-hydrogen) atoms. The number of benzene rings is 1. The van der Waals surface area contributed by atoms with Gasteiger partial charge in [-0.05, 0) is 42.6 Å². The molecule has 2 N–H and O–H groups in total. The molecule has 0 radical (unpaired) electrons. The van der Waals surface area contributed by atoms with E-state index in [1.807, 2.05) is 50.9 Å². The minimum absolute atomic E-state index is 0.00695. The van der Waals surface area contributed by atoms with Crippen LogP contribution in [0.15, 0.2) is 18.2 Å². The Hall–Kier alpha value is -1.92. The summed E-state index contributed by atoms with van der Waals surface area (Å²) in [5.41, 5.74) is 2.62. The van der Waals surface area contributed by atoms with Gasteiger partial charge in [0.1, 0.15) is 0 Å². The van der Waals surface area contributed by atoms with Crippen molar-refractivity contribution in [2.45, 2.75) is 40.2 Å². The highest BCUT2D eigenvalue weighted by atomic mass is 16.3. The van der Waals surface area contributed by atoms with E-state index < -0.39 is 0 Å². The van der Waals surface area contributed by atoms with Crippen LogP contribution in [0.25, 0.3) is 0 Å². The zero-order valence-corrected chi connectivity index (χ0v) is 15.8. The summed E-state index contributed by atoms with van der Waals surface area (Å²) >= 11 is 0. The van der Waals surface area contributed by atoms with Gasteiger partial charge in [0.25, 0.3) is 0 Å². The Labute approximate surface area is 149 Å². The van der Waals surface area contributed by atoms with Gasteiger partial charge in [-0.25, -0.2) is 0 Å². The Kier molecular flexibility index (Phi) is 5.85. The van der Waals surface area contributed by atoms with E-state index in [2.05, 4.69) is 5.32 Å². The number of hydrogen-bond acceptors (Lipinski definition) is 4. The quantitative estimate of drug-likeness (QED) is 0.853. The first-order valence-corrected chi connectivity index (χ1v) is 8.65. The monoisotopic (exact) mass is 347 g/mol. The molecule has 6 heteroatoms. The average Bonchev–Trinajstić information content (AvgIpc) is 2.89. The van der Waals surface area contributed by atoms with Gasteiger partial charge in [-0.3, -0.25) is 14.5 Å². The molecule has 2 rings (SSSR count). The Bertz CT molecular complexity index is 652. The van der Waals surface area contributed by atoms with E-state index in [-0.39, 0.29) is 36.4 Å². The van der Waals surface area contributed by atoms with Crippen LogP contribution >= 0.6 is 0 Å². The predicted octanol–water partition coefficient (Wildman–Crippen LogP) is 1.87. The number of hydrogen-bond donors (Lipinski definition) is 2. The number of fused-ring (bicyclic) bond motifs is 1. The SMILES string of the molecule is CC(=O)N1CCc2cc(NC(=O)CN(C)[C@@H](CO)C(C)(C)C)ccc21. The van der Waals surface area contributed by atoms with Crippen molar-refractivity contribution < 1.29 is 14.7 Å². The molecule has 1 aliphatic heterocycles. The maximum Gasteiger partial charge on any atom is 0.238 e. The van der Waals surface area contributed by atoms with Crippen LogP contribution in [-0.4, -0.2) is 54.6 Å². The number of amides is 2. The Balaban J connectivity index is 2.01. The Morgan fingerprint density at radius 3 is 2.60 bits per heavy atom. The fourth-order valence-electron chi connectivity index (χ4n) is 3.42. The molecule has 0 spiro atoms. The van der Waals surface area contributed by atoms with E-state index in [0.717, 1.165) is 23.4 Å². The van der Waals surface area contributed by atoms with E-state index >= 15 is 0 Å². The molecule has 1 aromatic rings. The molecule has 2 amide bonds. The number of carbonyl (C=O) groups excluding carboxylic acids is 2. The van der Waals surface area contributed by atoms with Gasteiger partial charge in [-0.1, -0.05) is 20.8 Å². The highest BCUT2D eigenvalue weighted by molar-refractivity contribution is 5.96. The van der Waals surface area contributed by atoms with Crippen molar-refractivity contribution in [2.24, 2.45) is 5.41 Å². The number of carbonyl (C=O) groups is 2. The predicted molar refractivity (Wildman–Crippen MR) is 99.8 cm³/mol. The first-order chi connectivity index (χ1) is 11.6. The first kappa shape index (κ1) is 19.4. The third kappa shape index (κ3) is 4.58. The summed E-state index contributed by atoms with van der Waals surface area (Å²) in [7, 11) is 1.85. The minimum Gasteiger partial charge on any atom is -0.395 e. The van der Waals surface area contributed by atoms with E-state index in [1.165, 1.54) is 0 Å². The molecular formula is C19H29N3O3. The highest BCUT2D eigenvalue weighted by Gasteiger charge is 2.29. The van der Waals surface area contributed by atoms with Gasteiger partial charge in [0.2, 0.25) is 11.8 Å². The molecule has 1 heterocycles. The molecule has 138 valence electrons. The van der Waals surface area contributed by atoms with Crippen LogP contribution < -0.4 is 10.2 Å². The van der Waals surface area contributed by atoms with Crippen molar-refractivity contribution in [1.29, 1.82) is 0 Å². The van der Waals surface area contributed by atoms with Crippen molar-refractivity contribution in [2.75, 3.05) is 37.0 Å². The zero-order chi connectivity index (χ0) is 18.8. The van der Waals surface area contributed by atoms with Gasteiger partial charge >= 0.3 is 0 Å². The fourth-order valence-corrected chi connectivity index (χ4v) is 3.42. The van der Waals surface area contributed by atoms with Crippen LogP contribution in [-0.2, 0) is 16.0 Å². The maximum absolute atomic E-state index is 12.3. The Morgan fingerprint density at radius 2 is 2.04 bits per heavy atom. The summed E-state index contributed by atoms with van der Waals surface area (Å²) < 4.78 is 0. The number of aliphatic hydroxyl groups is 1. The Morgan fingerprint density at radius 1 is 1.36 bits per heavy atom. The second-order valence-corrected chi connectivity index (χ2v) is 7.79. The molecule has 1 aromatic carbocycles. The van der Waals surface area contributed by atoms with Crippen LogP contribution in [0.4, 0.5) is 11.4 Å². The third-order valence-electron chi connectivity index (χ3n) is 4.74. The van der Waals surface area contributed by atoms with Gasteiger partial charge in [-0.15, -0.1) is 0 Å². The van der Waals surface area contributed by atoms with Gasteiger partial charge in [-0.2, -0.15) is 0 Å². The molecule has 6 nitrogen and oxygen atoms in total. The largest absolute Gasteiger partial charge is 0.395 e. The van der Waals surface area contributed by atoms with Gasteiger partial charge in [0, 0.05) is 30.9 Å². The van der Waals surface area contributed by atoms with Crippen molar-refractivity contribution in [1.82, 2.24) is 4.90 Å². The van der Waals surface area contributed by atoms with Crippen LogP contribution in [0, 0.1) is 5.41 Å². The number of anilines is 2. The molecular weight excluding hydrogens is 318 g/mol. The van der Waals surface area contributed by atoms with E-state index in [0.29, 0.717) is 6.54 Å². The van der Waals surface area contributed by atoms with Crippen molar-refractivity contribution in [3.05, 3.63) is 23.8 Å². The van der Waals surface area contributed by atoms with E-state index in [4.69, 9.17) is 0 Å². The fraction of sp³-hybridized carbons (Fsp3) is 0.579. The van der Waals surface area contributed by atoms with Crippen LogP contribution in [0.2, 0.25) is 0 Å². The zero-order valence-electron chi connectivity index (χ0n) is 15.8. The molecule has 0 aliphatic carbocycles. The van der Waals surface area contributed by atoms with Gasteiger partial charge < -0.3 is 15.3 Å². The molecule has 0 fully saturated rings. The smallest absolute Gasteiger partial charge is 0.238 e. The summed E-state index contributed by atoms with van der Waals surface area (Å²) in [5, 5.41) is 12.5. The third-order valence-corrected chi connectivity index (χ3v) is 4.74. The van der Waals surface area contributed by atoms with Crippen LogP contribution in [0.1, 0.15) is 33.3 Å². The first-order valence-electron chi connectivity index (χ1n) is 8.65.